The lowest BCUT2D eigenvalue weighted by molar-refractivity contribution is 0.0526. The summed E-state index contributed by atoms with van der Waals surface area (Å²) in [6.07, 6.45) is 8.13. The van der Waals surface area contributed by atoms with Crippen LogP contribution in [0.25, 0.3) is 0 Å². The molecule has 0 aliphatic carbocycles. The Morgan fingerprint density at radius 2 is 1.88 bits per heavy atom. The van der Waals surface area contributed by atoms with Crippen molar-refractivity contribution in [3.8, 4) is 0 Å². The number of sulfone groups is 1. The van der Waals surface area contributed by atoms with Crippen LogP contribution in [0.3, 0.4) is 0 Å². The molecule has 6 nitrogen and oxygen atoms in total. The van der Waals surface area contributed by atoms with Crippen LogP contribution in [0.5, 0.6) is 0 Å². The van der Waals surface area contributed by atoms with Crippen molar-refractivity contribution < 1.29 is 8.42 Å². The summed E-state index contributed by atoms with van der Waals surface area (Å²) < 4.78 is 23.3. The summed E-state index contributed by atoms with van der Waals surface area (Å²) >= 11 is 0. The number of hydrogen-bond donors (Lipinski definition) is 2. The van der Waals surface area contributed by atoms with E-state index in [1.807, 2.05) is 0 Å². The Hall–Kier alpha value is -0.0900. The van der Waals surface area contributed by atoms with Crippen LogP contribution in [0, 0.1) is 5.92 Å². The zero-order valence-electron chi connectivity index (χ0n) is 16.1. The topological polar surface area (TPSA) is 73.8 Å². The molecule has 0 aromatic carbocycles. The fourth-order valence-corrected chi connectivity index (χ4v) is 6.41. The number of halogens is 1. The Bertz CT molecular complexity index is 570. The molecule has 152 valence electrons. The third kappa shape index (κ3) is 5.95. The monoisotopic (exact) mass is 498 g/mol. The Morgan fingerprint density at radius 3 is 2.46 bits per heavy atom. The van der Waals surface area contributed by atoms with Crippen LogP contribution in [-0.4, -0.2) is 69.0 Å². The maximum atomic E-state index is 11.6. The van der Waals surface area contributed by atoms with Gasteiger partial charge in [0.05, 0.1) is 11.5 Å². The van der Waals surface area contributed by atoms with E-state index in [2.05, 4.69) is 29.5 Å². The van der Waals surface area contributed by atoms with E-state index in [0.29, 0.717) is 36.2 Å². The molecule has 0 aromatic rings. The summed E-state index contributed by atoms with van der Waals surface area (Å²) in [5.74, 6) is 1.69. The van der Waals surface area contributed by atoms with Crippen molar-refractivity contribution in [1.29, 1.82) is 0 Å². The minimum atomic E-state index is -2.82. The van der Waals surface area contributed by atoms with Crippen molar-refractivity contribution in [2.75, 3.05) is 31.6 Å². The highest BCUT2D eigenvalue weighted by Crippen LogP contribution is 2.32. The lowest BCUT2D eigenvalue weighted by atomic mass is 9.82. The fraction of sp³-hybridized carbons (Fsp3) is 0.944. The van der Waals surface area contributed by atoms with Gasteiger partial charge in [-0.05, 0) is 51.5 Å². The smallest absolute Gasteiger partial charge is 0.191 e. The molecule has 2 bridgehead atoms. The van der Waals surface area contributed by atoms with Crippen LogP contribution in [0.15, 0.2) is 4.99 Å². The van der Waals surface area contributed by atoms with Gasteiger partial charge in [0.2, 0.25) is 0 Å². The molecule has 8 heteroatoms. The summed E-state index contributed by atoms with van der Waals surface area (Å²) in [6.45, 7) is 3.65. The highest BCUT2D eigenvalue weighted by molar-refractivity contribution is 14.0. The summed E-state index contributed by atoms with van der Waals surface area (Å²) in [4.78, 5) is 7.30. The Labute approximate surface area is 175 Å². The minimum Gasteiger partial charge on any atom is -0.356 e. The Morgan fingerprint density at radius 1 is 1.19 bits per heavy atom. The van der Waals surface area contributed by atoms with E-state index < -0.39 is 9.84 Å². The largest absolute Gasteiger partial charge is 0.356 e. The van der Waals surface area contributed by atoms with Gasteiger partial charge in [-0.3, -0.25) is 4.99 Å². The third-order valence-corrected chi connectivity index (χ3v) is 7.89. The van der Waals surface area contributed by atoms with Crippen LogP contribution in [0.1, 0.15) is 51.9 Å². The van der Waals surface area contributed by atoms with Crippen molar-refractivity contribution in [3.05, 3.63) is 0 Å². The highest BCUT2D eigenvalue weighted by Gasteiger charge is 2.36. The fourth-order valence-electron chi connectivity index (χ4n) is 4.56. The van der Waals surface area contributed by atoms with E-state index in [4.69, 9.17) is 4.99 Å². The molecular formula is C18H35IN4O2S. The normalized spacial score (nSPS) is 34.2. The first-order valence-corrected chi connectivity index (χ1v) is 11.8. The maximum absolute atomic E-state index is 11.6. The Kier molecular flexibility index (Phi) is 8.46. The molecular weight excluding hydrogens is 463 g/mol. The first-order chi connectivity index (χ1) is 12.0. The average molecular weight is 498 g/mol. The molecule has 3 saturated heterocycles. The number of hydrogen-bond acceptors (Lipinski definition) is 4. The standard InChI is InChI=1S/C18H34N4O2S.HI/c1-3-8-19-18(20-12-14-7-9-25(23,24)13-14)21-15-10-16-5-4-6-17(11-15)22(16)2;/h14-17H,3-13H2,1-2H3,(H2,19,20,21);1H. The summed E-state index contributed by atoms with van der Waals surface area (Å²) in [7, 11) is -0.546. The maximum Gasteiger partial charge on any atom is 0.191 e. The molecule has 3 rings (SSSR count). The van der Waals surface area contributed by atoms with Crippen LogP contribution < -0.4 is 10.6 Å². The summed E-state index contributed by atoms with van der Waals surface area (Å²) in [5.41, 5.74) is 0. The molecule has 3 aliphatic rings. The minimum absolute atomic E-state index is 0. The van der Waals surface area contributed by atoms with Crippen LogP contribution in [0.4, 0.5) is 0 Å². The molecule has 3 unspecified atom stereocenters. The van der Waals surface area contributed by atoms with Crippen LogP contribution >= 0.6 is 24.0 Å². The van der Waals surface area contributed by atoms with Crippen LogP contribution in [-0.2, 0) is 9.84 Å². The van der Waals surface area contributed by atoms with Gasteiger partial charge in [0.25, 0.3) is 0 Å². The van der Waals surface area contributed by atoms with Crippen molar-refractivity contribution >= 4 is 39.8 Å². The van der Waals surface area contributed by atoms with E-state index in [9.17, 15) is 8.42 Å². The molecule has 0 saturated carbocycles. The molecule has 3 atom stereocenters. The molecule has 0 aromatic heterocycles. The molecule has 3 fully saturated rings. The van der Waals surface area contributed by atoms with E-state index in [1.165, 1.54) is 32.1 Å². The van der Waals surface area contributed by atoms with E-state index in [0.717, 1.165) is 25.3 Å². The van der Waals surface area contributed by atoms with Gasteiger partial charge in [-0.15, -0.1) is 24.0 Å². The van der Waals surface area contributed by atoms with Gasteiger partial charge in [-0.2, -0.15) is 0 Å². The highest BCUT2D eigenvalue weighted by atomic mass is 127. The predicted octanol–water partition coefficient (Wildman–Crippen LogP) is 2.00. The zero-order valence-corrected chi connectivity index (χ0v) is 19.3. The van der Waals surface area contributed by atoms with Gasteiger partial charge in [0.15, 0.2) is 15.8 Å². The summed E-state index contributed by atoms with van der Waals surface area (Å²) in [5, 5.41) is 7.06. The number of piperidine rings is 2. The molecule has 2 N–H and O–H groups in total. The predicted molar refractivity (Wildman–Crippen MR) is 118 cm³/mol. The number of guanidine groups is 1. The van der Waals surface area contributed by atoms with Gasteiger partial charge in [-0.1, -0.05) is 13.3 Å². The number of fused-ring (bicyclic) bond motifs is 2. The second-order valence-corrected chi connectivity index (χ2v) is 10.3. The van der Waals surface area contributed by atoms with Crippen molar-refractivity contribution in [2.45, 2.75) is 70.0 Å². The molecule has 26 heavy (non-hydrogen) atoms. The second-order valence-electron chi connectivity index (χ2n) is 8.10. The van der Waals surface area contributed by atoms with Gasteiger partial charge in [0, 0.05) is 31.2 Å². The number of nitrogens with one attached hydrogen (secondary N) is 2. The zero-order chi connectivity index (χ0) is 17.9. The van der Waals surface area contributed by atoms with E-state index >= 15 is 0 Å². The van der Waals surface area contributed by atoms with E-state index in [1.54, 1.807) is 0 Å². The molecule has 3 aliphatic heterocycles. The second kappa shape index (κ2) is 9.91. The van der Waals surface area contributed by atoms with E-state index in [-0.39, 0.29) is 29.9 Å². The number of nitrogens with zero attached hydrogens (tertiary/aromatic N) is 2. The molecule has 0 radical (unpaired) electrons. The van der Waals surface area contributed by atoms with Crippen molar-refractivity contribution in [3.63, 3.8) is 0 Å². The summed E-state index contributed by atoms with van der Waals surface area (Å²) in [6, 6.07) is 1.86. The van der Waals surface area contributed by atoms with Gasteiger partial charge in [-0.25, -0.2) is 8.42 Å². The van der Waals surface area contributed by atoms with Gasteiger partial charge >= 0.3 is 0 Å². The lowest BCUT2D eigenvalue weighted by Crippen LogP contribution is -2.56. The number of rotatable bonds is 5. The average Bonchev–Trinajstić information content (AvgIpc) is 2.90. The molecule has 0 spiro atoms. The van der Waals surface area contributed by atoms with Gasteiger partial charge < -0.3 is 15.5 Å². The molecule has 3 heterocycles. The van der Waals surface area contributed by atoms with Crippen molar-refractivity contribution in [2.24, 2.45) is 10.9 Å². The first-order valence-electron chi connectivity index (χ1n) is 9.94. The quantitative estimate of drug-likeness (QED) is 0.345. The van der Waals surface area contributed by atoms with Gasteiger partial charge in [0.1, 0.15) is 0 Å². The SMILES string of the molecule is CCCNC(=NCC1CCS(=O)(=O)C1)NC1CC2CCCC(C1)N2C.I. The lowest BCUT2D eigenvalue weighted by Gasteiger charge is -2.47. The molecule has 0 amide bonds. The number of aliphatic imine (C=N–C) groups is 1. The Balaban J connectivity index is 0.00000243. The first kappa shape index (κ1) is 22.2. The third-order valence-electron chi connectivity index (χ3n) is 6.06. The van der Waals surface area contributed by atoms with Crippen molar-refractivity contribution in [1.82, 2.24) is 15.5 Å². The van der Waals surface area contributed by atoms with Crippen LogP contribution in [0.2, 0.25) is 0 Å².